The molecule has 1 aliphatic rings. The number of sulfonamides is 1. The van der Waals surface area contributed by atoms with Gasteiger partial charge in [0, 0.05) is 38.8 Å². The number of para-hydroxylation sites is 1. The molecule has 1 heterocycles. The Labute approximate surface area is 193 Å². The first-order chi connectivity index (χ1) is 15.6. The highest BCUT2D eigenvalue weighted by atomic mass is 32.2. The second kappa shape index (κ2) is 10.3. The second-order valence-electron chi connectivity index (χ2n) is 8.25. The summed E-state index contributed by atoms with van der Waals surface area (Å²) in [5, 5.41) is 5.57. The molecule has 0 bridgehead atoms. The van der Waals surface area contributed by atoms with Gasteiger partial charge < -0.3 is 15.5 Å². The molecule has 2 N–H and O–H groups in total. The van der Waals surface area contributed by atoms with Crippen molar-refractivity contribution in [1.29, 1.82) is 0 Å². The normalized spacial score (nSPS) is 17.5. The lowest BCUT2D eigenvalue weighted by molar-refractivity contribution is -0.123. The van der Waals surface area contributed by atoms with Gasteiger partial charge in [0.1, 0.15) is 11.9 Å². The number of benzene rings is 2. The van der Waals surface area contributed by atoms with Crippen LogP contribution < -0.4 is 15.5 Å². The standard InChI is InChI=1S/C23H29FN4O4S/c1-16(25-23(30)17-10-12-19(13-11-17)33(31,32)27(2)3)22(29)26-18-7-6-14-28(15-18)21-9-5-4-8-20(21)24/h4-5,8-13,16,18H,6-7,14-15H2,1-3H3,(H,25,30)(H,26,29). The van der Waals surface area contributed by atoms with Crippen LogP contribution >= 0.6 is 0 Å². The van der Waals surface area contributed by atoms with Crippen molar-refractivity contribution in [3.63, 3.8) is 0 Å². The molecule has 0 aliphatic carbocycles. The molecular formula is C23H29FN4O4S. The van der Waals surface area contributed by atoms with E-state index in [1.165, 1.54) is 44.4 Å². The maximum Gasteiger partial charge on any atom is 0.251 e. The number of anilines is 1. The summed E-state index contributed by atoms with van der Waals surface area (Å²) in [6, 6.07) is 11.1. The summed E-state index contributed by atoms with van der Waals surface area (Å²) in [5.41, 5.74) is 0.758. The molecule has 1 saturated heterocycles. The molecule has 1 fully saturated rings. The van der Waals surface area contributed by atoms with Crippen LogP contribution in [0.1, 0.15) is 30.1 Å². The predicted molar refractivity (Wildman–Crippen MR) is 124 cm³/mol. The minimum atomic E-state index is -3.59. The van der Waals surface area contributed by atoms with Crippen LogP contribution in [0.3, 0.4) is 0 Å². The molecule has 10 heteroatoms. The molecule has 178 valence electrons. The largest absolute Gasteiger partial charge is 0.367 e. The van der Waals surface area contributed by atoms with Crippen molar-refractivity contribution in [2.75, 3.05) is 32.1 Å². The average molecular weight is 477 g/mol. The highest BCUT2D eigenvalue weighted by Crippen LogP contribution is 2.23. The van der Waals surface area contributed by atoms with E-state index in [0.717, 1.165) is 17.1 Å². The van der Waals surface area contributed by atoms with Crippen LogP contribution in [0.4, 0.5) is 10.1 Å². The Morgan fingerprint density at radius 3 is 2.42 bits per heavy atom. The zero-order valence-corrected chi connectivity index (χ0v) is 19.7. The Morgan fingerprint density at radius 2 is 1.79 bits per heavy atom. The molecule has 33 heavy (non-hydrogen) atoms. The van der Waals surface area contributed by atoms with Crippen molar-refractivity contribution in [3.8, 4) is 0 Å². The number of nitrogens with zero attached hydrogens (tertiary/aromatic N) is 2. The molecule has 2 aromatic carbocycles. The van der Waals surface area contributed by atoms with Gasteiger partial charge >= 0.3 is 0 Å². The predicted octanol–water partition coefficient (Wildman–Crippen LogP) is 1.98. The van der Waals surface area contributed by atoms with Gasteiger partial charge in [-0.3, -0.25) is 9.59 Å². The zero-order valence-electron chi connectivity index (χ0n) is 18.9. The van der Waals surface area contributed by atoms with E-state index >= 15 is 0 Å². The molecule has 0 spiro atoms. The summed E-state index contributed by atoms with van der Waals surface area (Å²) in [5.74, 6) is -1.12. The molecule has 8 nitrogen and oxygen atoms in total. The Morgan fingerprint density at radius 1 is 1.12 bits per heavy atom. The average Bonchev–Trinajstić information content (AvgIpc) is 2.79. The van der Waals surface area contributed by atoms with Crippen molar-refractivity contribution in [3.05, 3.63) is 59.9 Å². The lowest BCUT2D eigenvalue weighted by Crippen LogP contribution is -2.53. The van der Waals surface area contributed by atoms with Gasteiger partial charge in [-0.05, 0) is 56.2 Å². The molecule has 2 unspecified atom stereocenters. The summed E-state index contributed by atoms with van der Waals surface area (Å²) >= 11 is 0. The van der Waals surface area contributed by atoms with Crippen molar-refractivity contribution < 1.29 is 22.4 Å². The fraction of sp³-hybridized carbons (Fsp3) is 0.391. The summed E-state index contributed by atoms with van der Waals surface area (Å²) in [7, 11) is -0.732. The van der Waals surface area contributed by atoms with Gasteiger partial charge in [-0.15, -0.1) is 0 Å². The van der Waals surface area contributed by atoms with E-state index in [1.807, 2.05) is 4.90 Å². The minimum Gasteiger partial charge on any atom is -0.367 e. The number of halogens is 1. The van der Waals surface area contributed by atoms with Crippen molar-refractivity contribution in [2.24, 2.45) is 0 Å². The highest BCUT2D eigenvalue weighted by molar-refractivity contribution is 7.89. The van der Waals surface area contributed by atoms with Gasteiger partial charge in [-0.2, -0.15) is 0 Å². The molecule has 2 aromatic rings. The second-order valence-corrected chi connectivity index (χ2v) is 10.4. The maximum atomic E-state index is 14.1. The number of amides is 2. The van der Waals surface area contributed by atoms with Crippen LogP contribution in [0.25, 0.3) is 0 Å². The Bertz CT molecular complexity index is 1110. The van der Waals surface area contributed by atoms with E-state index in [-0.39, 0.29) is 28.2 Å². The van der Waals surface area contributed by atoms with Gasteiger partial charge in [0.15, 0.2) is 0 Å². The van der Waals surface area contributed by atoms with Gasteiger partial charge in [-0.25, -0.2) is 17.1 Å². The molecule has 0 radical (unpaired) electrons. The molecule has 1 aliphatic heterocycles. The fourth-order valence-corrected chi connectivity index (χ4v) is 4.58. The van der Waals surface area contributed by atoms with Crippen LogP contribution in [0, 0.1) is 5.82 Å². The smallest absolute Gasteiger partial charge is 0.251 e. The van der Waals surface area contributed by atoms with Gasteiger partial charge in [0.05, 0.1) is 10.6 Å². The third-order valence-electron chi connectivity index (χ3n) is 5.60. The Hall–Kier alpha value is -2.98. The third kappa shape index (κ3) is 5.88. The van der Waals surface area contributed by atoms with Crippen LogP contribution in [0.5, 0.6) is 0 Å². The zero-order chi connectivity index (χ0) is 24.2. The number of rotatable bonds is 7. The first kappa shape index (κ1) is 24.7. The lowest BCUT2D eigenvalue weighted by Gasteiger charge is -2.35. The SMILES string of the molecule is CC(NC(=O)c1ccc(S(=O)(=O)N(C)C)cc1)C(=O)NC1CCCN(c2ccccc2F)C1. The third-order valence-corrected chi connectivity index (χ3v) is 7.43. The Kier molecular flexibility index (Phi) is 7.70. The quantitative estimate of drug-likeness (QED) is 0.637. The number of carbonyl (C=O) groups is 2. The van der Waals surface area contributed by atoms with Crippen LogP contribution in [0.2, 0.25) is 0 Å². The molecule has 0 aromatic heterocycles. The van der Waals surface area contributed by atoms with E-state index in [4.69, 9.17) is 0 Å². The first-order valence-corrected chi connectivity index (χ1v) is 12.2. The fourth-order valence-electron chi connectivity index (χ4n) is 3.68. The topological polar surface area (TPSA) is 98.8 Å². The molecule has 2 amide bonds. The summed E-state index contributed by atoms with van der Waals surface area (Å²) in [4.78, 5) is 27.2. The number of carbonyl (C=O) groups excluding carboxylic acids is 2. The lowest BCUT2D eigenvalue weighted by atomic mass is 10.0. The summed E-state index contributed by atoms with van der Waals surface area (Å²) < 4.78 is 39.5. The molecule has 2 atom stereocenters. The maximum absolute atomic E-state index is 14.1. The van der Waals surface area contributed by atoms with Gasteiger partial charge in [0.25, 0.3) is 5.91 Å². The number of hydrogen-bond acceptors (Lipinski definition) is 5. The molecule has 0 saturated carbocycles. The van der Waals surface area contributed by atoms with E-state index in [1.54, 1.807) is 25.1 Å². The summed E-state index contributed by atoms with van der Waals surface area (Å²) in [6.45, 7) is 2.77. The number of hydrogen-bond donors (Lipinski definition) is 2. The number of nitrogens with one attached hydrogen (secondary N) is 2. The Balaban J connectivity index is 1.57. The van der Waals surface area contributed by atoms with Crippen molar-refractivity contribution in [2.45, 2.75) is 36.7 Å². The van der Waals surface area contributed by atoms with E-state index in [2.05, 4.69) is 10.6 Å². The van der Waals surface area contributed by atoms with Crippen LogP contribution in [-0.4, -0.2) is 63.8 Å². The van der Waals surface area contributed by atoms with Crippen molar-refractivity contribution >= 4 is 27.5 Å². The van der Waals surface area contributed by atoms with E-state index in [9.17, 15) is 22.4 Å². The van der Waals surface area contributed by atoms with E-state index in [0.29, 0.717) is 18.8 Å². The van der Waals surface area contributed by atoms with Crippen LogP contribution in [-0.2, 0) is 14.8 Å². The summed E-state index contributed by atoms with van der Waals surface area (Å²) in [6.07, 6.45) is 1.57. The monoisotopic (exact) mass is 476 g/mol. The first-order valence-electron chi connectivity index (χ1n) is 10.7. The van der Waals surface area contributed by atoms with Crippen LogP contribution in [0.15, 0.2) is 53.4 Å². The highest BCUT2D eigenvalue weighted by Gasteiger charge is 2.26. The molecule has 3 rings (SSSR count). The minimum absolute atomic E-state index is 0.0755. The van der Waals surface area contributed by atoms with Gasteiger partial charge in [0.2, 0.25) is 15.9 Å². The number of piperidine rings is 1. The van der Waals surface area contributed by atoms with E-state index < -0.39 is 22.0 Å². The van der Waals surface area contributed by atoms with Gasteiger partial charge in [-0.1, -0.05) is 12.1 Å². The molecular weight excluding hydrogens is 447 g/mol. The van der Waals surface area contributed by atoms with Crippen molar-refractivity contribution in [1.82, 2.24) is 14.9 Å².